The molecule has 7 rings (SSSR count). The summed E-state index contributed by atoms with van der Waals surface area (Å²) in [5.41, 5.74) is 2.32. The number of halogens is 1. The number of aromatic nitrogens is 6. The van der Waals surface area contributed by atoms with Crippen molar-refractivity contribution in [3.63, 3.8) is 0 Å². The highest BCUT2D eigenvalue weighted by atomic mass is 19.1. The second-order valence-electron chi connectivity index (χ2n) is 9.06. The van der Waals surface area contributed by atoms with Crippen molar-refractivity contribution in [2.75, 3.05) is 5.32 Å². The summed E-state index contributed by atoms with van der Waals surface area (Å²) >= 11 is 0. The summed E-state index contributed by atoms with van der Waals surface area (Å²) in [6.45, 7) is 1.83. The fraction of sp³-hybridized carbons (Fsp3) is 0.391. The van der Waals surface area contributed by atoms with Gasteiger partial charge < -0.3 is 19.9 Å². The Morgan fingerprint density at radius 3 is 2.74 bits per heavy atom. The van der Waals surface area contributed by atoms with E-state index in [0.29, 0.717) is 22.4 Å². The van der Waals surface area contributed by atoms with Gasteiger partial charge in [-0.15, -0.1) is 0 Å². The van der Waals surface area contributed by atoms with Crippen LogP contribution in [0.5, 0.6) is 0 Å². The highest BCUT2D eigenvalue weighted by Crippen LogP contribution is 2.46. The van der Waals surface area contributed by atoms with Crippen LogP contribution < -0.4 is 5.32 Å². The molecule has 34 heavy (non-hydrogen) atoms. The zero-order chi connectivity index (χ0) is 23.4. The highest BCUT2D eigenvalue weighted by molar-refractivity contribution is 5.88. The fourth-order valence-electron chi connectivity index (χ4n) is 5.48. The number of nitrogens with zero attached hydrogens (tertiary/aromatic N) is 5. The largest absolute Gasteiger partial charge is 0.481 e. The van der Waals surface area contributed by atoms with Crippen molar-refractivity contribution in [2.24, 2.45) is 17.8 Å². The number of carboxylic acids is 1. The maximum Gasteiger partial charge on any atom is 0.308 e. The lowest BCUT2D eigenvalue weighted by Crippen LogP contribution is -2.51. The lowest BCUT2D eigenvalue weighted by molar-refractivity contribution is -0.148. The summed E-state index contributed by atoms with van der Waals surface area (Å²) in [5.74, 6) is -1.66. The summed E-state index contributed by atoms with van der Waals surface area (Å²) in [6, 6.07) is 1.09. The number of anilines is 1. The van der Waals surface area contributed by atoms with Crippen LogP contribution >= 0.6 is 0 Å². The molecule has 3 N–H and O–H groups in total. The van der Waals surface area contributed by atoms with Crippen LogP contribution in [-0.4, -0.2) is 47.2 Å². The second-order valence-corrected chi connectivity index (χ2v) is 9.06. The normalized spacial score (nSPS) is 23.9. The molecule has 0 amide bonds. The standard InChI is InChI=1S/C23H22FN7O3/c1-10-8-25-22-18(28-10)13(9-26-22)20-30-19(14-6-7-27-34-14)16(24)21(31-20)29-17-12-4-2-11(3-5-12)15(17)23(32)33/h6-9,11-12,15,17H,2-5H2,1H3,(H,25,26)(H,32,33)(H,29,30,31)/t11?,12?,15-,17-/m0/s1. The Morgan fingerprint density at radius 1 is 1.21 bits per heavy atom. The lowest BCUT2D eigenvalue weighted by Gasteiger charge is -2.47. The third kappa shape index (κ3) is 3.30. The smallest absolute Gasteiger partial charge is 0.308 e. The Kier molecular flexibility index (Phi) is 4.78. The summed E-state index contributed by atoms with van der Waals surface area (Å²) in [6.07, 6.45) is 8.32. The number of hydrogen-bond donors (Lipinski definition) is 3. The van der Waals surface area contributed by atoms with Crippen LogP contribution in [0, 0.1) is 30.5 Å². The average molecular weight is 463 g/mol. The number of nitrogens with one attached hydrogen (secondary N) is 2. The van der Waals surface area contributed by atoms with Gasteiger partial charge in [0, 0.05) is 18.3 Å². The van der Waals surface area contributed by atoms with Crippen LogP contribution in [0.3, 0.4) is 0 Å². The molecule has 0 spiro atoms. The Balaban J connectivity index is 1.49. The molecule has 3 saturated carbocycles. The van der Waals surface area contributed by atoms with Crippen molar-refractivity contribution in [3.05, 3.63) is 36.2 Å². The molecule has 3 aliphatic rings. The van der Waals surface area contributed by atoms with Gasteiger partial charge in [-0.2, -0.15) is 0 Å². The van der Waals surface area contributed by atoms with Crippen molar-refractivity contribution in [3.8, 4) is 22.8 Å². The molecule has 11 heteroatoms. The van der Waals surface area contributed by atoms with Crippen LogP contribution in [0.1, 0.15) is 31.4 Å². The van der Waals surface area contributed by atoms with Crippen LogP contribution in [0.15, 0.2) is 29.2 Å². The van der Waals surface area contributed by atoms with Gasteiger partial charge in [0.25, 0.3) is 0 Å². The van der Waals surface area contributed by atoms with Gasteiger partial charge in [0.05, 0.1) is 29.6 Å². The number of H-pyrrole nitrogens is 1. The van der Waals surface area contributed by atoms with E-state index in [1.807, 2.05) is 6.92 Å². The maximum atomic E-state index is 15.7. The predicted octanol–water partition coefficient (Wildman–Crippen LogP) is 3.82. The number of hydrogen-bond acceptors (Lipinski definition) is 8. The minimum atomic E-state index is -0.862. The van der Waals surface area contributed by atoms with E-state index in [-0.39, 0.29) is 34.9 Å². The number of aryl methyl sites for hydroxylation is 1. The quantitative estimate of drug-likeness (QED) is 0.402. The van der Waals surface area contributed by atoms with E-state index >= 15 is 4.39 Å². The molecule has 4 aromatic heterocycles. The number of fused-ring (bicyclic) bond motifs is 4. The first kappa shape index (κ1) is 20.7. The Bertz CT molecular complexity index is 1380. The van der Waals surface area contributed by atoms with Crippen LogP contribution in [0.4, 0.5) is 10.2 Å². The summed E-state index contributed by atoms with van der Waals surface area (Å²) in [4.78, 5) is 32.9. The molecule has 2 atom stereocenters. The molecule has 0 saturated heterocycles. The lowest BCUT2D eigenvalue weighted by atomic mass is 9.61. The van der Waals surface area contributed by atoms with Crippen LogP contribution in [0.2, 0.25) is 0 Å². The predicted molar refractivity (Wildman–Crippen MR) is 119 cm³/mol. The SMILES string of the molecule is Cc1cnc2[nH]cc(-c3nc(N[C@H]4C5CCC(CC5)[C@@H]4C(=O)O)c(F)c(-c4ccno4)n3)c2n1. The van der Waals surface area contributed by atoms with Crippen molar-refractivity contribution >= 4 is 23.0 Å². The van der Waals surface area contributed by atoms with Gasteiger partial charge in [-0.05, 0) is 44.4 Å². The molecular formula is C23H22FN7O3. The summed E-state index contributed by atoms with van der Waals surface area (Å²) in [5, 5.41) is 16.8. The molecule has 3 fully saturated rings. The van der Waals surface area contributed by atoms with E-state index in [2.05, 4.69) is 35.4 Å². The zero-order valence-corrected chi connectivity index (χ0v) is 18.3. The van der Waals surface area contributed by atoms with E-state index in [1.165, 1.54) is 12.3 Å². The van der Waals surface area contributed by atoms with Crippen LogP contribution in [0.25, 0.3) is 34.0 Å². The molecule has 4 aromatic rings. The van der Waals surface area contributed by atoms with E-state index in [4.69, 9.17) is 4.52 Å². The fourth-order valence-corrected chi connectivity index (χ4v) is 5.48. The third-order valence-electron chi connectivity index (χ3n) is 7.07. The first-order valence-electron chi connectivity index (χ1n) is 11.3. The molecular weight excluding hydrogens is 441 g/mol. The summed E-state index contributed by atoms with van der Waals surface area (Å²) in [7, 11) is 0. The van der Waals surface area contributed by atoms with Crippen molar-refractivity contribution in [1.82, 2.24) is 30.1 Å². The number of carbonyl (C=O) groups is 1. The van der Waals surface area contributed by atoms with Crippen molar-refractivity contribution < 1.29 is 18.8 Å². The average Bonchev–Trinajstić information content (AvgIpc) is 3.51. The maximum absolute atomic E-state index is 15.7. The monoisotopic (exact) mass is 463 g/mol. The third-order valence-corrected chi connectivity index (χ3v) is 7.07. The summed E-state index contributed by atoms with van der Waals surface area (Å²) < 4.78 is 20.9. The molecule has 4 heterocycles. The van der Waals surface area contributed by atoms with Gasteiger partial charge in [-0.1, -0.05) is 5.16 Å². The van der Waals surface area contributed by atoms with E-state index < -0.39 is 23.7 Å². The molecule has 0 aromatic carbocycles. The highest BCUT2D eigenvalue weighted by Gasteiger charge is 2.47. The molecule has 10 nitrogen and oxygen atoms in total. The number of aliphatic carboxylic acids is 1. The molecule has 0 radical (unpaired) electrons. The van der Waals surface area contributed by atoms with Crippen LogP contribution in [-0.2, 0) is 4.79 Å². The van der Waals surface area contributed by atoms with Gasteiger partial charge in [-0.25, -0.2) is 24.3 Å². The number of aromatic amines is 1. The van der Waals surface area contributed by atoms with Gasteiger partial charge in [0.1, 0.15) is 5.52 Å². The van der Waals surface area contributed by atoms with E-state index in [0.717, 1.165) is 25.7 Å². The molecule has 174 valence electrons. The molecule has 0 unspecified atom stereocenters. The topological polar surface area (TPSA) is 143 Å². The van der Waals surface area contributed by atoms with E-state index in [1.54, 1.807) is 12.4 Å². The Morgan fingerprint density at radius 2 is 2.00 bits per heavy atom. The zero-order valence-electron chi connectivity index (χ0n) is 18.3. The Hall–Kier alpha value is -3.89. The van der Waals surface area contributed by atoms with Gasteiger partial charge in [-0.3, -0.25) is 4.79 Å². The minimum Gasteiger partial charge on any atom is -0.481 e. The van der Waals surface area contributed by atoms with Gasteiger partial charge in [0.2, 0.25) is 0 Å². The Labute approximate surface area is 193 Å². The van der Waals surface area contributed by atoms with Gasteiger partial charge in [0.15, 0.2) is 34.6 Å². The second kappa shape index (κ2) is 7.86. The minimum absolute atomic E-state index is 0.0600. The van der Waals surface area contributed by atoms with E-state index in [9.17, 15) is 9.90 Å². The van der Waals surface area contributed by atoms with Crippen molar-refractivity contribution in [2.45, 2.75) is 38.6 Å². The molecule has 0 aliphatic heterocycles. The number of carboxylic acid groups (broad SMARTS) is 1. The van der Waals surface area contributed by atoms with Crippen molar-refractivity contribution in [1.29, 1.82) is 0 Å². The molecule has 3 aliphatic carbocycles. The number of rotatable bonds is 5. The first-order chi connectivity index (χ1) is 16.5. The molecule has 2 bridgehead atoms. The first-order valence-corrected chi connectivity index (χ1v) is 11.3. The van der Waals surface area contributed by atoms with Gasteiger partial charge >= 0.3 is 5.97 Å².